The van der Waals surface area contributed by atoms with Crippen LogP contribution in [-0.2, 0) is 16.1 Å². The number of esters is 1. The van der Waals surface area contributed by atoms with Crippen LogP contribution in [0.3, 0.4) is 0 Å². The Morgan fingerprint density at radius 2 is 2.43 bits per heavy atom. The number of carbonyl (C=O) groups is 1. The Morgan fingerprint density at radius 3 is 3.21 bits per heavy atom. The molecule has 0 aliphatic carbocycles. The van der Waals surface area contributed by atoms with Crippen molar-refractivity contribution in [2.45, 2.75) is 13.5 Å². The van der Waals surface area contributed by atoms with E-state index in [1.165, 1.54) is 6.92 Å². The summed E-state index contributed by atoms with van der Waals surface area (Å²) in [5, 5.41) is 10.2. The maximum atomic E-state index is 10.6. The Balaban J connectivity index is 2.21. The highest BCUT2D eigenvalue weighted by Gasteiger charge is 2.00. The average molecular weight is 191 g/mol. The van der Waals surface area contributed by atoms with E-state index in [-0.39, 0.29) is 12.6 Å². The molecule has 5 nitrogen and oxygen atoms in total. The van der Waals surface area contributed by atoms with E-state index < -0.39 is 0 Å². The summed E-state index contributed by atoms with van der Waals surface area (Å²) in [6.07, 6.45) is 0. The van der Waals surface area contributed by atoms with Gasteiger partial charge in [0.25, 0.3) is 0 Å². The largest absolute Gasteiger partial charge is 0.461 e. The number of H-pyrrole nitrogens is 1. The van der Waals surface area contributed by atoms with E-state index in [9.17, 15) is 4.79 Å². The van der Waals surface area contributed by atoms with E-state index >= 15 is 0 Å². The van der Waals surface area contributed by atoms with E-state index in [2.05, 4.69) is 15.4 Å². The van der Waals surface area contributed by atoms with Crippen LogP contribution < -0.4 is 0 Å². The number of aromatic amines is 1. The first-order valence-corrected chi connectivity index (χ1v) is 4.19. The van der Waals surface area contributed by atoms with Crippen LogP contribution in [0.1, 0.15) is 12.5 Å². The maximum Gasteiger partial charge on any atom is 0.302 e. The van der Waals surface area contributed by atoms with Crippen molar-refractivity contribution in [1.29, 1.82) is 0 Å². The van der Waals surface area contributed by atoms with Crippen molar-refractivity contribution in [1.82, 2.24) is 15.4 Å². The van der Waals surface area contributed by atoms with Gasteiger partial charge in [-0.3, -0.25) is 9.89 Å². The lowest BCUT2D eigenvalue weighted by molar-refractivity contribution is -0.142. The molecule has 0 radical (unpaired) electrons. The van der Waals surface area contributed by atoms with Gasteiger partial charge < -0.3 is 4.74 Å². The molecule has 0 saturated heterocycles. The molecular weight excluding hydrogens is 182 g/mol. The van der Waals surface area contributed by atoms with Crippen molar-refractivity contribution in [2.75, 3.05) is 0 Å². The summed E-state index contributed by atoms with van der Waals surface area (Å²) in [6, 6.07) is 5.55. The van der Waals surface area contributed by atoms with E-state index in [4.69, 9.17) is 4.74 Å². The molecule has 1 aromatic carbocycles. The van der Waals surface area contributed by atoms with Gasteiger partial charge in [0.05, 0.1) is 5.52 Å². The van der Waals surface area contributed by atoms with Crippen LogP contribution >= 0.6 is 0 Å². The molecule has 14 heavy (non-hydrogen) atoms. The number of benzene rings is 1. The smallest absolute Gasteiger partial charge is 0.302 e. The number of nitrogens with zero attached hydrogens (tertiary/aromatic N) is 2. The molecule has 0 aliphatic heterocycles. The molecular formula is C9H9N3O2. The van der Waals surface area contributed by atoms with Crippen molar-refractivity contribution in [3.8, 4) is 0 Å². The van der Waals surface area contributed by atoms with Gasteiger partial charge >= 0.3 is 5.97 Å². The van der Waals surface area contributed by atoms with Crippen molar-refractivity contribution in [2.24, 2.45) is 0 Å². The molecule has 0 spiro atoms. The second-order valence-electron chi connectivity index (χ2n) is 2.94. The highest BCUT2D eigenvalue weighted by atomic mass is 16.5. The van der Waals surface area contributed by atoms with Crippen LogP contribution in [-0.4, -0.2) is 21.4 Å². The first-order chi connectivity index (χ1) is 6.75. The van der Waals surface area contributed by atoms with Gasteiger partial charge in [-0.25, -0.2) is 0 Å². The quantitative estimate of drug-likeness (QED) is 0.719. The second kappa shape index (κ2) is 3.45. The molecule has 1 heterocycles. The summed E-state index contributed by atoms with van der Waals surface area (Å²) < 4.78 is 4.86. The zero-order valence-corrected chi connectivity index (χ0v) is 7.65. The molecule has 0 unspecified atom stereocenters. The predicted octanol–water partition coefficient (Wildman–Crippen LogP) is 1.02. The standard InChI is InChI=1S/C9H9N3O2/c1-6(13)14-5-7-2-3-8-9(4-7)11-12-10-8/h2-4H,5H2,1H3,(H,10,11,12). The molecule has 1 N–H and O–H groups in total. The van der Waals surface area contributed by atoms with Gasteiger partial charge in [0, 0.05) is 6.92 Å². The molecule has 0 aliphatic rings. The number of hydrogen-bond donors (Lipinski definition) is 1. The van der Waals surface area contributed by atoms with Crippen LogP contribution in [0, 0.1) is 0 Å². The third kappa shape index (κ3) is 1.71. The summed E-state index contributed by atoms with van der Waals surface area (Å²) in [6.45, 7) is 1.67. The van der Waals surface area contributed by atoms with E-state index in [0.29, 0.717) is 0 Å². The minimum absolute atomic E-state index is 0.282. The molecule has 1 aromatic heterocycles. The van der Waals surface area contributed by atoms with Crippen LogP contribution in [0.5, 0.6) is 0 Å². The molecule has 0 fully saturated rings. The van der Waals surface area contributed by atoms with Gasteiger partial charge in [0.15, 0.2) is 0 Å². The molecule has 0 atom stereocenters. The number of hydrogen-bond acceptors (Lipinski definition) is 4. The van der Waals surface area contributed by atoms with Crippen LogP contribution in [0.15, 0.2) is 18.2 Å². The van der Waals surface area contributed by atoms with Crippen molar-refractivity contribution >= 4 is 17.0 Å². The van der Waals surface area contributed by atoms with Crippen LogP contribution in [0.25, 0.3) is 11.0 Å². The number of nitrogens with one attached hydrogen (secondary N) is 1. The molecule has 72 valence electrons. The minimum atomic E-state index is -0.284. The van der Waals surface area contributed by atoms with Gasteiger partial charge in [-0.05, 0) is 17.7 Å². The van der Waals surface area contributed by atoms with Gasteiger partial charge in [0.2, 0.25) is 0 Å². The number of rotatable bonds is 2. The lowest BCUT2D eigenvalue weighted by atomic mass is 10.2. The predicted molar refractivity (Wildman–Crippen MR) is 49.4 cm³/mol. The van der Waals surface area contributed by atoms with Crippen molar-refractivity contribution in [3.63, 3.8) is 0 Å². The average Bonchev–Trinajstić information content (AvgIpc) is 2.61. The third-order valence-electron chi connectivity index (χ3n) is 1.83. The maximum absolute atomic E-state index is 10.6. The Hall–Kier alpha value is -1.91. The highest BCUT2D eigenvalue weighted by Crippen LogP contribution is 2.11. The normalized spacial score (nSPS) is 10.4. The summed E-state index contributed by atoms with van der Waals surface area (Å²) in [7, 11) is 0. The lowest BCUT2D eigenvalue weighted by Crippen LogP contribution is -1.98. The molecule has 2 rings (SSSR count). The SMILES string of the molecule is CC(=O)OCc1ccc2nn[nH]c2c1. The molecule has 0 amide bonds. The Kier molecular flexibility index (Phi) is 2.14. The van der Waals surface area contributed by atoms with Crippen molar-refractivity contribution in [3.05, 3.63) is 23.8 Å². The number of ether oxygens (including phenoxy) is 1. The first kappa shape index (κ1) is 8.68. The van der Waals surface area contributed by atoms with E-state index in [1.807, 2.05) is 18.2 Å². The lowest BCUT2D eigenvalue weighted by Gasteiger charge is -2.00. The summed E-state index contributed by atoms with van der Waals surface area (Å²) >= 11 is 0. The van der Waals surface area contributed by atoms with Crippen LogP contribution in [0.2, 0.25) is 0 Å². The number of carbonyl (C=O) groups excluding carboxylic acids is 1. The van der Waals surface area contributed by atoms with Gasteiger partial charge in [-0.1, -0.05) is 11.3 Å². The van der Waals surface area contributed by atoms with Gasteiger partial charge in [-0.15, -0.1) is 5.10 Å². The van der Waals surface area contributed by atoms with Gasteiger partial charge in [-0.2, -0.15) is 0 Å². The number of fused-ring (bicyclic) bond motifs is 1. The molecule has 5 heteroatoms. The second-order valence-corrected chi connectivity index (χ2v) is 2.94. The minimum Gasteiger partial charge on any atom is -0.461 e. The first-order valence-electron chi connectivity index (χ1n) is 4.19. The monoisotopic (exact) mass is 191 g/mol. The Morgan fingerprint density at radius 1 is 1.57 bits per heavy atom. The summed E-state index contributed by atoms with van der Waals surface area (Å²) in [4.78, 5) is 10.6. The summed E-state index contributed by atoms with van der Waals surface area (Å²) in [5.41, 5.74) is 2.56. The Bertz CT molecular complexity index is 464. The van der Waals surface area contributed by atoms with Gasteiger partial charge in [0.1, 0.15) is 12.1 Å². The van der Waals surface area contributed by atoms with E-state index in [0.717, 1.165) is 16.6 Å². The zero-order chi connectivity index (χ0) is 9.97. The molecule has 0 bridgehead atoms. The molecule has 2 aromatic rings. The topological polar surface area (TPSA) is 67.9 Å². The van der Waals surface area contributed by atoms with E-state index in [1.54, 1.807) is 0 Å². The number of aromatic nitrogens is 3. The highest BCUT2D eigenvalue weighted by molar-refractivity contribution is 5.74. The fraction of sp³-hybridized carbons (Fsp3) is 0.222. The fourth-order valence-corrected chi connectivity index (χ4v) is 1.17. The zero-order valence-electron chi connectivity index (χ0n) is 7.65. The fourth-order valence-electron chi connectivity index (χ4n) is 1.17. The van der Waals surface area contributed by atoms with Crippen molar-refractivity contribution < 1.29 is 9.53 Å². The Labute approximate surface area is 80.1 Å². The van der Waals surface area contributed by atoms with Crippen LogP contribution in [0.4, 0.5) is 0 Å². The summed E-state index contributed by atoms with van der Waals surface area (Å²) in [5.74, 6) is -0.284. The molecule has 0 saturated carbocycles. The third-order valence-corrected chi connectivity index (χ3v) is 1.83.